The molecular weight excluding hydrogens is 362 g/mol. The number of likely N-dealkylation sites (tertiary alicyclic amines) is 1. The minimum Gasteiger partial charge on any atom is -0.507 e. The number of hydrogen-bond donors (Lipinski definition) is 1. The van der Waals surface area contributed by atoms with E-state index in [2.05, 4.69) is 0 Å². The highest BCUT2D eigenvalue weighted by molar-refractivity contribution is 6.46. The van der Waals surface area contributed by atoms with Crippen LogP contribution in [0.2, 0.25) is 0 Å². The van der Waals surface area contributed by atoms with Crippen molar-refractivity contribution in [3.63, 3.8) is 0 Å². The Morgan fingerprint density at radius 1 is 1.11 bits per heavy atom. The van der Waals surface area contributed by atoms with Gasteiger partial charge >= 0.3 is 0 Å². The van der Waals surface area contributed by atoms with Gasteiger partial charge in [0.15, 0.2) is 0 Å². The molecule has 1 saturated heterocycles. The maximum absolute atomic E-state index is 12.8. The molecule has 1 N–H and O–H groups in total. The standard InChI is InChI=1S/C21H17NO6/c1-26-14-6-2-5-13(11-14)19(23)17-18(16-8-4-10-28-16)22(21(25)20(17)24)12-15-7-3-9-27-15/h2-11,18,23H,12H2,1H3/t18-/m0/s1. The van der Waals surface area contributed by atoms with Crippen molar-refractivity contribution in [3.05, 3.63) is 83.7 Å². The molecule has 2 aromatic heterocycles. The first kappa shape index (κ1) is 17.7. The van der Waals surface area contributed by atoms with Gasteiger partial charge in [0, 0.05) is 5.56 Å². The zero-order valence-corrected chi connectivity index (χ0v) is 15.0. The number of carbonyl (C=O) groups is 2. The Balaban J connectivity index is 1.84. The number of amides is 1. The van der Waals surface area contributed by atoms with E-state index in [1.807, 2.05) is 0 Å². The number of benzene rings is 1. The van der Waals surface area contributed by atoms with Crippen LogP contribution in [0.4, 0.5) is 0 Å². The summed E-state index contributed by atoms with van der Waals surface area (Å²) in [5.74, 6) is -0.408. The van der Waals surface area contributed by atoms with Gasteiger partial charge in [0.05, 0.1) is 31.8 Å². The molecule has 1 aliphatic rings. The quantitative estimate of drug-likeness (QED) is 0.414. The lowest BCUT2D eigenvalue weighted by Gasteiger charge is -2.22. The van der Waals surface area contributed by atoms with E-state index in [4.69, 9.17) is 13.6 Å². The number of methoxy groups -OCH3 is 1. The molecule has 0 radical (unpaired) electrons. The van der Waals surface area contributed by atoms with Crippen molar-refractivity contribution in [2.24, 2.45) is 0 Å². The van der Waals surface area contributed by atoms with Gasteiger partial charge in [-0.05, 0) is 36.4 Å². The fourth-order valence-electron chi connectivity index (χ4n) is 3.28. The molecule has 7 heteroatoms. The Morgan fingerprint density at radius 2 is 1.89 bits per heavy atom. The highest BCUT2D eigenvalue weighted by atomic mass is 16.5. The van der Waals surface area contributed by atoms with Crippen LogP contribution in [0.5, 0.6) is 5.75 Å². The maximum atomic E-state index is 12.8. The van der Waals surface area contributed by atoms with E-state index in [-0.39, 0.29) is 17.9 Å². The molecule has 0 spiro atoms. The van der Waals surface area contributed by atoms with Crippen LogP contribution in [0.3, 0.4) is 0 Å². The van der Waals surface area contributed by atoms with Crippen LogP contribution in [-0.4, -0.2) is 28.8 Å². The predicted octanol–water partition coefficient (Wildman–Crippen LogP) is 3.50. The average Bonchev–Trinajstić information content (AvgIpc) is 3.46. The first-order chi connectivity index (χ1) is 13.6. The van der Waals surface area contributed by atoms with Crippen molar-refractivity contribution in [3.8, 4) is 5.75 Å². The van der Waals surface area contributed by atoms with Gasteiger partial charge in [-0.3, -0.25) is 9.59 Å². The van der Waals surface area contributed by atoms with Gasteiger partial charge in [-0.2, -0.15) is 0 Å². The van der Waals surface area contributed by atoms with Crippen LogP contribution in [0.15, 0.2) is 75.5 Å². The molecule has 0 saturated carbocycles. The minimum absolute atomic E-state index is 0.0419. The highest BCUT2D eigenvalue weighted by Gasteiger charge is 2.47. The van der Waals surface area contributed by atoms with E-state index in [0.717, 1.165) is 0 Å². The number of Topliss-reactive ketones (excluding diaryl/α,β-unsaturated/α-hetero) is 1. The molecule has 0 bridgehead atoms. The number of rotatable bonds is 5. The van der Waals surface area contributed by atoms with Crippen LogP contribution < -0.4 is 4.74 Å². The summed E-state index contributed by atoms with van der Waals surface area (Å²) in [4.78, 5) is 26.9. The molecule has 28 heavy (non-hydrogen) atoms. The smallest absolute Gasteiger partial charge is 0.296 e. The molecule has 142 valence electrons. The molecule has 4 rings (SSSR count). The van der Waals surface area contributed by atoms with Crippen molar-refractivity contribution >= 4 is 17.4 Å². The highest BCUT2D eigenvalue weighted by Crippen LogP contribution is 2.40. The van der Waals surface area contributed by atoms with E-state index in [1.165, 1.54) is 24.5 Å². The molecule has 1 fully saturated rings. The number of ketones is 1. The van der Waals surface area contributed by atoms with Crippen LogP contribution >= 0.6 is 0 Å². The Labute approximate surface area is 160 Å². The maximum Gasteiger partial charge on any atom is 0.296 e. The van der Waals surface area contributed by atoms with Crippen LogP contribution in [-0.2, 0) is 16.1 Å². The summed E-state index contributed by atoms with van der Waals surface area (Å²) >= 11 is 0. The van der Waals surface area contributed by atoms with Gasteiger partial charge < -0.3 is 23.6 Å². The zero-order valence-electron chi connectivity index (χ0n) is 15.0. The minimum atomic E-state index is -0.869. The number of carbonyl (C=O) groups excluding carboxylic acids is 2. The SMILES string of the molecule is COc1cccc(C(O)=C2C(=O)C(=O)N(Cc3ccco3)[C@H]2c2ccco2)c1. The fraction of sp³-hybridized carbons (Fsp3) is 0.143. The second-order valence-corrected chi connectivity index (χ2v) is 6.25. The van der Waals surface area contributed by atoms with E-state index < -0.39 is 17.7 Å². The lowest BCUT2D eigenvalue weighted by Crippen LogP contribution is -2.28. The Morgan fingerprint density at radius 3 is 2.57 bits per heavy atom. The summed E-state index contributed by atoms with van der Waals surface area (Å²) in [7, 11) is 1.50. The van der Waals surface area contributed by atoms with E-state index in [9.17, 15) is 14.7 Å². The molecule has 1 aromatic carbocycles. The normalized spacial score (nSPS) is 18.6. The lowest BCUT2D eigenvalue weighted by atomic mass is 9.99. The second kappa shape index (κ2) is 7.11. The van der Waals surface area contributed by atoms with Crippen molar-refractivity contribution < 1.29 is 28.3 Å². The third kappa shape index (κ3) is 2.96. The topological polar surface area (TPSA) is 93.1 Å². The lowest BCUT2D eigenvalue weighted by molar-refractivity contribution is -0.140. The van der Waals surface area contributed by atoms with Crippen molar-refractivity contribution in [1.29, 1.82) is 0 Å². The van der Waals surface area contributed by atoms with Crippen LogP contribution in [0.1, 0.15) is 23.1 Å². The molecule has 1 aliphatic heterocycles. The Kier molecular flexibility index (Phi) is 4.49. The molecule has 7 nitrogen and oxygen atoms in total. The van der Waals surface area contributed by atoms with Crippen molar-refractivity contribution in [2.75, 3.05) is 7.11 Å². The Hall–Kier alpha value is -3.74. The molecule has 0 unspecified atom stereocenters. The third-order valence-corrected chi connectivity index (χ3v) is 4.60. The molecule has 3 aromatic rings. The molecule has 3 heterocycles. The summed E-state index contributed by atoms with van der Waals surface area (Å²) in [6.45, 7) is 0.0673. The summed E-state index contributed by atoms with van der Waals surface area (Å²) in [5.41, 5.74) is 0.326. The molecular formula is C21H17NO6. The number of nitrogens with zero attached hydrogens (tertiary/aromatic N) is 1. The Bertz CT molecular complexity index is 1030. The predicted molar refractivity (Wildman–Crippen MR) is 98.3 cm³/mol. The number of aliphatic hydroxyl groups excluding tert-OH is 1. The number of aliphatic hydroxyl groups is 1. The first-order valence-corrected chi connectivity index (χ1v) is 8.58. The second-order valence-electron chi connectivity index (χ2n) is 6.25. The summed E-state index contributed by atoms with van der Waals surface area (Å²) in [6, 6.07) is 12.5. The van der Waals surface area contributed by atoms with Crippen molar-refractivity contribution in [1.82, 2.24) is 4.90 Å². The van der Waals surface area contributed by atoms with E-state index in [0.29, 0.717) is 22.8 Å². The molecule has 1 amide bonds. The largest absolute Gasteiger partial charge is 0.507 e. The van der Waals surface area contributed by atoms with Gasteiger partial charge in [0.2, 0.25) is 0 Å². The number of ether oxygens (including phenoxy) is 1. The average molecular weight is 379 g/mol. The summed E-state index contributed by atoms with van der Waals surface area (Å²) in [6.07, 6.45) is 2.94. The van der Waals surface area contributed by atoms with Crippen LogP contribution in [0.25, 0.3) is 5.76 Å². The molecule has 0 aliphatic carbocycles. The van der Waals surface area contributed by atoms with E-state index >= 15 is 0 Å². The number of furan rings is 2. The first-order valence-electron chi connectivity index (χ1n) is 8.58. The monoisotopic (exact) mass is 379 g/mol. The van der Waals surface area contributed by atoms with Gasteiger partial charge in [-0.25, -0.2) is 0 Å². The third-order valence-electron chi connectivity index (χ3n) is 4.60. The van der Waals surface area contributed by atoms with Gasteiger partial charge in [0.1, 0.15) is 29.1 Å². The van der Waals surface area contributed by atoms with Crippen LogP contribution in [0, 0.1) is 0 Å². The summed E-state index contributed by atoms with van der Waals surface area (Å²) < 4.78 is 16.0. The van der Waals surface area contributed by atoms with E-state index in [1.54, 1.807) is 48.5 Å². The fourth-order valence-corrected chi connectivity index (χ4v) is 3.28. The van der Waals surface area contributed by atoms with Crippen molar-refractivity contribution in [2.45, 2.75) is 12.6 Å². The summed E-state index contributed by atoms with van der Waals surface area (Å²) in [5, 5.41) is 10.9. The van der Waals surface area contributed by atoms with Gasteiger partial charge in [0.25, 0.3) is 11.7 Å². The molecule has 1 atom stereocenters. The zero-order chi connectivity index (χ0) is 19.7. The van der Waals surface area contributed by atoms with Gasteiger partial charge in [-0.15, -0.1) is 0 Å². The number of hydrogen-bond acceptors (Lipinski definition) is 6. The van der Waals surface area contributed by atoms with Gasteiger partial charge in [-0.1, -0.05) is 12.1 Å².